The van der Waals surface area contributed by atoms with E-state index >= 15 is 0 Å². The van der Waals surface area contributed by atoms with Crippen LogP contribution in [-0.2, 0) is 20.2 Å². The van der Waals surface area contributed by atoms with Crippen molar-refractivity contribution in [2.45, 2.75) is 11.3 Å². The highest BCUT2D eigenvalue weighted by Crippen LogP contribution is 2.33. The number of hydrogen-bond acceptors (Lipinski definition) is 5. The third-order valence-corrected chi connectivity index (χ3v) is 9.43. The Hall–Kier alpha value is -2.89. The van der Waals surface area contributed by atoms with Gasteiger partial charge in [-0.1, -0.05) is 47.5 Å². The second-order valence-electron chi connectivity index (χ2n) is 8.13. The molecular weight excluding hydrogens is 543 g/mol. The first-order valence-electron chi connectivity index (χ1n) is 10.9. The van der Waals surface area contributed by atoms with Gasteiger partial charge >= 0.3 is 10.2 Å². The van der Waals surface area contributed by atoms with Crippen LogP contribution < -0.4 is 13.7 Å². The summed E-state index contributed by atoms with van der Waals surface area (Å²) < 4.78 is 57.0. The van der Waals surface area contributed by atoms with E-state index in [4.69, 9.17) is 23.2 Å². The zero-order chi connectivity index (χ0) is 25.5. The first-order chi connectivity index (χ1) is 17.1. The molecule has 0 atom stereocenters. The number of benzene rings is 3. The number of anilines is 2. The summed E-state index contributed by atoms with van der Waals surface area (Å²) in [4.78, 5) is 4.46. The average molecular weight is 563 g/mol. The lowest BCUT2D eigenvalue weighted by atomic mass is 10.1. The SMILES string of the molecule is O=S(=O)(Nc1ccc(Cl)c(-c2ccc3ccccc3n2)c1)c1ccc(N2CCCNS2(=O)=O)cc1Cl. The van der Waals surface area contributed by atoms with Gasteiger partial charge in [0.25, 0.3) is 10.0 Å². The van der Waals surface area contributed by atoms with Crippen molar-refractivity contribution in [1.29, 1.82) is 0 Å². The van der Waals surface area contributed by atoms with Crippen molar-refractivity contribution in [1.82, 2.24) is 9.71 Å². The number of sulfonamides is 1. The molecule has 0 aliphatic carbocycles. The number of aromatic nitrogens is 1. The largest absolute Gasteiger partial charge is 0.301 e. The third kappa shape index (κ3) is 4.87. The number of nitrogens with zero attached hydrogens (tertiary/aromatic N) is 2. The van der Waals surface area contributed by atoms with Crippen LogP contribution in [0.2, 0.25) is 10.0 Å². The van der Waals surface area contributed by atoms with Crippen molar-refractivity contribution in [2.75, 3.05) is 22.1 Å². The fourth-order valence-electron chi connectivity index (χ4n) is 3.96. The molecule has 0 unspecified atom stereocenters. The molecule has 1 aliphatic rings. The number of pyridine rings is 1. The van der Waals surface area contributed by atoms with Crippen LogP contribution in [0.4, 0.5) is 11.4 Å². The Morgan fingerprint density at radius 1 is 0.944 bits per heavy atom. The summed E-state index contributed by atoms with van der Waals surface area (Å²) in [5, 5.41) is 1.28. The monoisotopic (exact) mass is 562 g/mol. The first kappa shape index (κ1) is 24.8. The topological polar surface area (TPSA) is 108 Å². The van der Waals surface area contributed by atoms with Crippen LogP contribution in [0.1, 0.15) is 6.42 Å². The highest BCUT2D eigenvalue weighted by atomic mass is 35.5. The van der Waals surface area contributed by atoms with E-state index in [1.54, 1.807) is 18.2 Å². The van der Waals surface area contributed by atoms with Crippen molar-refractivity contribution in [3.05, 3.63) is 82.8 Å². The molecule has 1 saturated heterocycles. The quantitative estimate of drug-likeness (QED) is 0.353. The van der Waals surface area contributed by atoms with Gasteiger partial charge in [0, 0.05) is 29.7 Å². The van der Waals surface area contributed by atoms with Crippen molar-refractivity contribution in [3.63, 3.8) is 0 Å². The van der Waals surface area contributed by atoms with Crippen molar-refractivity contribution in [2.24, 2.45) is 0 Å². The molecule has 5 rings (SSSR count). The average Bonchev–Trinajstić information content (AvgIpc) is 2.84. The zero-order valence-electron chi connectivity index (χ0n) is 18.6. The van der Waals surface area contributed by atoms with Gasteiger partial charge in [-0.25, -0.2) is 13.4 Å². The summed E-state index contributed by atoms with van der Waals surface area (Å²) in [6.45, 7) is 0.618. The minimum Gasteiger partial charge on any atom is -0.280 e. The molecule has 2 heterocycles. The lowest BCUT2D eigenvalue weighted by Gasteiger charge is -2.28. The van der Waals surface area contributed by atoms with Crippen LogP contribution in [0.3, 0.4) is 0 Å². The highest BCUT2D eigenvalue weighted by molar-refractivity contribution is 7.93. The predicted molar refractivity (Wildman–Crippen MR) is 143 cm³/mol. The molecule has 0 spiro atoms. The summed E-state index contributed by atoms with van der Waals surface area (Å²) in [7, 11) is -7.79. The Morgan fingerprint density at radius 3 is 2.53 bits per heavy atom. The minimum atomic E-state index is -4.10. The Balaban J connectivity index is 1.45. The van der Waals surface area contributed by atoms with Crippen LogP contribution in [0.15, 0.2) is 77.7 Å². The summed E-state index contributed by atoms with van der Waals surface area (Å²) in [5.74, 6) is 0. The number of rotatable bonds is 5. The lowest BCUT2D eigenvalue weighted by Crippen LogP contribution is -2.47. The zero-order valence-corrected chi connectivity index (χ0v) is 21.8. The summed E-state index contributed by atoms with van der Waals surface area (Å²) in [5.41, 5.74) is 2.50. The van der Waals surface area contributed by atoms with E-state index in [1.807, 2.05) is 36.4 Å². The van der Waals surface area contributed by atoms with Crippen LogP contribution >= 0.6 is 23.2 Å². The van der Waals surface area contributed by atoms with E-state index in [0.717, 1.165) is 15.2 Å². The van der Waals surface area contributed by atoms with Gasteiger partial charge in [0.2, 0.25) is 0 Å². The van der Waals surface area contributed by atoms with Gasteiger partial charge in [0.05, 0.1) is 26.9 Å². The standard InChI is InChI=1S/C24H20Cl2N4O4S2/c25-20-9-7-17(14-19(20)23-10-6-16-4-1-2-5-22(16)28-23)29-35(31,32)24-11-8-18(15-21(24)26)30-13-3-12-27-36(30,33)34/h1-2,4-11,14-15,27,29H,3,12-13H2. The maximum atomic E-state index is 13.2. The Kier molecular flexibility index (Phi) is 6.56. The molecule has 0 saturated carbocycles. The highest BCUT2D eigenvalue weighted by Gasteiger charge is 2.27. The Labute approximate surface area is 219 Å². The second-order valence-corrected chi connectivity index (χ2v) is 12.3. The number of para-hydroxylation sites is 1. The molecule has 0 radical (unpaired) electrons. The van der Waals surface area contributed by atoms with E-state index in [-0.39, 0.29) is 27.8 Å². The molecule has 4 aromatic rings. The predicted octanol–water partition coefficient (Wildman–Crippen LogP) is 5.05. The molecular formula is C24H20Cl2N4O4S2. The molecule has 8 nitrogen and oxygen atoms in total. The van der Waals surface area contributed by atoms with Gasteiger partial charge in [-0.05, 0) is 55.0 Å². The number of halogens is 2. The molecule has 1 aliphatic heterocycles. The molecule has 3 aromatic carbocycles. The summed E-state index contributed by atoms with van der Waals surface area (Å²) >= 11 is 12.7. The normalized spacial score (nSPS) is 15.7. The maximum Gasteiger partial charge on any atom is 0.301 e. The fourth-order valence-corrected chi connectivity index (χ4v) is 7.09. The molecule has 1 aromatic heterocycles. The van der Waals surface area contributed by atoms with Gasteiger partial charge in [-0.3, -0.25) is 9.03 Å². The van der Waals surface area contributed by atoms with Gasteiger partial charge in [-0.2, -0.15) is 13.1 Å². The lowest BCUT2D eigenvalue weighted by molar-refractivity contribution is 0.560. The van der Waals surface area contributed by atoms with Gasteiger partial charge in [-0.15, -0.1) is 0 Å². The molecule has 2 N–H and O–H groups in total. The minimum absolute atomic E-state index is 0.105. The molecule has 0 amide bonds. The van der Waals surface area contributed by atoms with E-state index in [2.05, 4.69) is 14.4 Å². The Morgan fingerprint density at radius 2 is 1.75 bits per heavy atom. The molecule has 1 fully saturated rings. The van der Waals surface area contributed by atoms with Crippen molar-refractivity contribution >= 4 is 65.7 Å². The molecule has 12 heteroatoms. The summed E-state index contributed by atoms with van der Waals surface area (Å²) in [6.07, 6.45) is 0.615. The Bertz CT molecular complexity index is 1700. The third-order valence-electron chi connectivity index (χ3n) is 5.70. The van der Waals surface area contributed by atoms with E-state index < -0.39 is 20.2 Å². The second kappa shape index (κ2) is 9.53. The van der Waals surface area contributed by atoms with E-state index in [9.17, 15) is 16.8 Å². The number of nitrogens with one attached hydrogen (secondary N) is 2. The van der Waals surface area contributed by atoms with Gasteiger partial charge < -0.3 is 0 Å². The van der Waals surface area contributed by atoms with Gasteiger partial charge in [0.15, 0.2) is 0 Å². The van der Waals surface area contributed by atoms with Crippen molar-refractivity contribution < 1.29 is 16.8 Å². The van der Waals surface area contributed by atoms with Crippen LogP contribution in [0.25, 0.3) is 22.2 Å². The first-order valence-corrected chi connectivity index (χ1v) is 14.6. The van der Waals surface area contributed by atoms with Crippen LogP contribution in [0.5, 0.6) is 0 Å². The van der Waals surface area contributed by atoms with Crippen LogP contribution in [-0.4, -0.2) is 34.9 Å². The summed E-state index contributed by atoms with van der Waals surface area (Å²) in [6, 6.07) is 20.1. The number of hydrogen-bond donors (Lipinski definition) is 2. The van der Waals surface area contributed by atoms with Gasteiger partial charge in [0.1, 0.15) is 4.90 Å². The number of fused-ring (bicyclic) bond motifs is 1. The van der Waals surface area contributed by atoms with Crippen LogP contribution in [0, 0.1) is 0 Å². The van der Waals surface area contributed by atoms with Crippen molar-refractivity contribution in [3.8, 4) is 11.3 Å². The molecule has 0 bridgehead atoms. The van der Waals surface area contributed by atoms with E-state index in [0.29, 0.717) is 29.2 Å². The molecule has 186 valence electrons. The smallest absolute Gasteiger partial charge is 0.280 e. The molecule has 36 heavy (non-hydrogen) atoms. The van der Waals surface area contributed by atoms with E-state index in [1.165, 1.54) is 18.2 Å². The maximum absolute atomic E-state index is 13.2. The fraction of sp³-hybridized carbons (Fsp3) is 0.125.